The van der Waals surface area contributed by atoms with Crippen LogP contribution in [0.1, 0.15) is 6.92 Å². The van der Waals surface area contributed by atoms with E-state index in [4.69, 9.17) is 10.5 Å². The Bertz CT molecular complexity index is 614. The smallest absolute Gasteiger partial charge is 0.245 e. The number of likely N-dealkylation sites (N-methyl/N-ethyl adjacent to an activating group) is 2. The summed E-state index contributed by atoms with van der Waals surface area (Å²) in [7, 11) is 0.787. The molecule has 0 unspecified atom stereocenters. The summed E-state index contributed by atoms with van der Waals surface area (Å²) in [6.45, 7) is 1.62. The molecule has 0 aromatic heterocycles. The number of rotatable bonds is 6. The zero-order valence-electron chi connectivity index (χ0n) is 12.7. The van der Waals surface area contributed by atoms with Crippen LogP contribution in [0.3, 0.4) is 0 Å². The van der Waals surface area contributed by atoms with Crippen molar-refractivity contribution in [2.75, 3.05) is 40.0 Å². The Morgan fingerprint density at radius 3 is 2.38 bits per heavy atom. The van der Waals surface area contributed by atoms with Crippen LogP contribution in [-0.4, -0.2) is 57.8 Å². The lowest BCUT2D eigenvalue weighted by molar-refractivity contribution is -0.128. The second-order valence-electron chi connectivity index (χ2n) is 4.62. The van der Waals surface area contributed by atoms with Crippen LogP contribution in [0.15, 0.2) is 23.1 Å². The normalized spacial score (nSPS) is 11.5. The zero-order chi connectivity index (χ0) is 16.2. The van der Waals surface area contributed by atoms with Crippen LogP contribution < -0.4 is 10.5 Å². The number of benzene rings is 1. The molecule has 8 heteroatoms. The van der Waals surface area contributed by atoms with Gasteiger partial charge in [-0.2, -0.15) is 4.31 Å². The minimum Gasteiger partial charge on any atom is -0.497 e. The summed E-state index contributed by atoms with van der Waals surface area (Å²) in [5.74, 6) is 0.173. The van der Waals surface area contributed by atoms with Gasteiger partial charge in [-0.15, -0.1) is 0 Å². The van der Waals surface area contributed by atoms with Crippen LogP contribution in [0, 0.1) is 0 Å². The molecular weight excluding hydrogens is 294 g/mol. The van der Waals surface area contributed by atoms with E-state index >= 15 is 0 Å². The molecule has 1 aromatic rings. The number of carbonyl (C=O) groups is 1. The van der Waals surface area contributed by atoms with E-state index in [1.165, 1.54) is 30.2 Å². The number of ether oxygens (including phenoxy) is 1. The molecule has 0 atom stereocenters. The molecule has 0 radical (unpaired) electrons. The molecule has 1 aromatic carbocycles. The average Bonchev–Trinajstić information content (AvgIpc) is 2.43. The first kappa shape index (κ1) is 17.3. The van der Waals surface area contributed by atoms with Gasteiger partial charge in [0.15, 0.2) is 0 Å². The fourth-order valence-corrected chi connectivity index (χ4v) is 3.18. The van der Waals surface area contributed by atoms with Crippen LogP contribution >= 0.6 is 0 Å². The van der Waals surface area contributed by atoms with Crippen molar-refractivity contribution in [1.82, 2.24) is 9.21 Å². The highest BCUT2D eigenvalue weighted by atomic mass is 32.2. The number of anilines is 1. The Hall–Kier alpha value is -1.80. The molecular formula is C13H21N3O4S. The summed E-state index contributed by atoms with van der Waals surface area (Å²) >= 11 is 0. The van der Waals surface area contributed by atoms with Crippen molar-refractivity contribution in [2.24, 2.45) is 0 Å². The molecule has 2 N–H and O–H groups in total. The van der Waals surface area contributed by atoms with Gasteiger partial charge in [-0.25, -0.2) is 8.42 Å². The topological polar surface area (TPSA) is 92.9 Å². The van der Waals surface area contributed by atoms with Gasteiger partial charge < -0.3 is 15.4 Å². The fourth-order valence-electron chi connectivity index (χ4n) is 1.69. The Kier molecular flexibility index (Phi) is 5.56. The highest BCUT2D eigenvalue weighted by molar-refractivity contribution is 7.89. The lowest BCUT2D eigenvalue weighted by Crippen LogP contribution is -2.40. The van der Waals surface area contributed by atoms with E-state index in [-0.39, 0.29) is 29.6 Å². The molecule has 0 saturated carbocycles. The van der Waals surface area contributed by atoms with E-state index in [9.17, 15) is 13.2 Å². The molecule has 7 nitrogen and oxygen atoms in total. The number of sulfonamides is 1. The van der Waals surface area contributed by atoms with Crippen molar-refractivity contribution in [2.45, 2.75) is 11.8 Å². The number of nitrogen functional groups attached to an aromatic ring is 1. The van der Waals surface area contributed by atoms with Crippen molar-refractivity contribution in [3.8, 4) is 5.75 Å². The SMILES string of the molecule is CCN(CC(=O)N(C)C)S(=O)(=O)c1ccc(OC)cc1N. The summed E-state index contributed by atoms with van der Waals surface area (Å²) in [6.07, 6.45) is 0. The van der Waals surface area contributed by atoms with E-state index in [1.54, 1.807) is 21.0 Å². The lowest BCUT2D eigenvalue weighted by atomic mass is 10.3. The summed E-state index contributed by atoms with van der Waals surface area (Å²) in [5.41, 5.74) is 5.87. The summed E-state index contributed by atoms with van der Waals surface area (Å²) in [4.78, 5) is 13.1. The van der Waals surface area contributed by atoms with E-state index in [0.29, 0.717) is 5.75 Å². The number of nitrogens with two attached hydrogens (primary N) is 1. The van der Waals surface area contributed by atoms with Crippen LogP contribution in [0.25, 0.3) is 0 Å². The van der Waals surface area contributed by atoms with Crippen molar-refractivity contribution in [3.63, 3.8) is 0 Å². The predicted molar refractivity (Wildman–Crippen MR) is 80.5 cm³/mol. The first-order chi connectivity index (χ1) is 9.73. The Balaban J connectivity index is 3.16. The second-order valence-corrected chi connectivity index (χ2v) is 6.53. The summed E-state index contributed by atoms with van der Waals surface area (Å²) < 4.78 is 31.2. The zero-order valence-corrected chi connectivity index (χ0v) is 13.5. The van der Waals surface area contributed by atoms with E-state index < -0.39 is 10.0 Å². The molecule has 0 heterocycles. The number of hydrogen-bond acceptors (Lipinski definition) is 5. The van der Waals surface area contributed by atoms with Crippen molar-refractivity contribution in [1.29, 1.82) is 0 Å². The Labute approximate surface area is 125 Å². The van der Waals surface area contributed by atoms with Gasteiger partial charge >= 0.3 is 0 Å². The highest BCUT2D eigenvalue weighted by Crippen LogP contribution is 2.26. The minimum atomic E-state index is -3.83. The first-order valence-corrected chi connectivity index (χ1v) is 7.81. The number of nitrogens with zero attached hydrogens (tertiary/aromatic N) is 2. The van der Waals surface area contributed by atoms with Gasteiger partial charge in [0, 0.05) is 26.7 Å². The van der Waals surface area contributed by atoms with Gasteiger partial charge in [-0.05, 0) is 12.1 Å². The van der Waals surface area contributed by atoms with Gasteiger partial charge in [0.2, 0.25) is 15.9 Å². The molecule has 1 rings (SSSR count). The standard InChI is InChI=1S/C13H21N3O4S/c1-5-16(9-13(17)15(2)3)21(18,19)12-7-6-10(20-4)8-11(12)14/h6-8H,5,9,14H2,1-4H3. The van der Waals surface area contributed by atoms with Gasteiger partial charge in [0.05, 0.1) is 19.3 Å². The van der Waals surface area contributed by atoms with Crippen LogP contribution in [0.2, 0.25) is 0 Å². The molecule has 0 spiro atoms. The molecule has 0 aliphatic heterocycles. The van der Waals surface area contributed by atoms with Crippen LogP contribution in [0.4, 0.5) is 5.69 Å². The van der Waals surface area contributed by atoms with Crippen molar-refractivity contribution < 1.29 is 17.9 Å². The van der Waals surface area contributed by atoms with Gasteiger partial charge in [0.1, 0.15) is 10.6 Å². The molecule has 0 bridgehead atoms. The molecule has 0 aliphatic rings. The van der Waals surface area contributed by atoms with Gasteiger partial charge in [-0.3, -0.25) is 4.79 Å². The number of carbonyl (C=O) groups excluding carboxylic acids is 1. The third kappa shape index (κ3) is 3.85. The van der Waals surface area contributed by atoms with Gasteiger partial charge in [0.25, 0.3) is 0 Å². The maximum Gasteiger partial charge on any atom is 0.245 e. The molecule has 21 heavy (non-hydrogen) atoms. The third-order valence-electron chi connectivity index (χ3n) is 3.00. The molecule has 0 fully saturated rings. The summed E-state index contributed by atoms with van der Waals surface area (Å²) in [6, 6.07) is 4.34. The number of amides is 1. The minimum absolute atomic E-state index is 0.0308. The predicted octanol–water partition coefficient (Wildman–Crippen LogP) is 0.376. The van der Waals surface area contributed by atoms with Crippen molar-refractivity contribution >= 4 is 21.6 Å². The lowest BCUT2D eigenvalue weighted by Gasteiger charge is -2.22. The van der Waals surface area contributed by atoms with E-state index in [2.05, 4.69) is 0 Å². The largest absolute Gasteiger partial charge is 0.497 e. The summed E-state index contributed by atoms with van der Waals surface area (Å²) in [5, 5.41) is 0. The quantitative estimate of drug-likeness (QED) is 0.766. The fraction of sp³-hybridized carbons (Fsp3) is 0.462. The maximum atomic E-state index is 12.6. The molecule has 1 amide bonds. The average molecular weight is 315 g/mol. The van der Waals surface area contributed by atoms with E-state index in [1.807, 2.05) is 0 Å². The van der Waals surface area contributed by atoms with Crippen LogP contribution in [-0.2, 0) is 14.8 Å². The van der Waals surface area contributed by atoms with Crippen LogP contribution in [0.5, 0.6) is 5.75 Å². The molecule has 0 aliphatic carbocycles. The number of hydrogen-bond donors (Lipinski definition) is 1. The Morgan fingerprint density at radius 1 is 1.33 bits per heavy atom. The van der Waals surface area contributed by atoms with Gasteiger partial charge in [-0.1, -0.05) is 6.92 Å². The second kappa shape index (κ2) is 6.77. The molecule has 118 valence electrons. The van der Waals surface area contributed by atoms with Crippen molar-refractivity contribution in [3.05, 3.63) is 18.2 Å². The molecule has 0 saturated heterocycles. The number of methoxy groups -OCH3 is 1. The first-order valence-electron chi connectivity index (χ1n) is 6.37. The maximum absolute atomic E-state index is 12.6. The third-order valence-corrected chi connectivity index (χ3v) is 4.99. The monoisotopic (exact) mass is 315 g/mol. The van der Waals surface area contributed by atoms with E-state index in [0.717, 1.165) is 4.31 Å². The highest BCUT2D eigenvalue weighted by Gasteiger charge is 2.27. The Morgan fingerprint density at radius 2 is 1.95 bits per heavy atom.